The molecule has 2 N–H and O–H groups in total. The summed E-state index contributed by atoms with van der Waals surface area (Å²) < 4.78 is 0. The molecule has 0 aliphatic heterocycles. The predicted octanol–water partition coefficient (Wildman–Crippen LogP) is 3.95. The number of nitrogens with two attached hydrogens (primary N) is 1. The normalized spacial score (nSPS) is 11.8. The Hall–Kier alpha value is -3.45. The number of pyridine rings is 1. The van der Waals surface area contributed by atoms with Gasteiger partial charge in [-0.05, 0) is 36.8 Å². The van der Waals surface area contributed by atoms with Crippen molar-refractivity contribution in [3.05, 3.63) is 72.4 Å². The van der Waals surface area contributed by atoms with Gasteiger partial charge in [0, 0.05) is 23.6 Å². The van der Waals surface area contributed by atoms with E-state index in [0.717, 1.165) is 39.7 Å². The van der Waals surface area contributed by atoms with Crippen molar-refractivity contribution in [3.8, 4) is 23.5 Å². The minimum Gasteiger partial charge on any atom is -0.383 e. The van der Waals surface area contributed by atoms with Gasteiger partial charge in [0.05, 0.1) is 11.2 Å². The van der Waals surface area contributed by atoms with Crippen LogP contribution in [-0.4, -0.2) is 15.0 Å². The maximum Gasteiger partial charge on any atom is 0.134 e. The van der Waals surface area contributed by atoms with Gasteiger partial charge in [-0.3, -0.25) is 4.98 Å². The summed E-state index contributed by atoms with van der Waals surface area (Å²) in [4.78, 5) is 12.9. The van der Waals surface area contributed by atoms with Gasteiger partial charge < -0.3 is 5.73 Å². The molecule has 0 aliphatic carbocycles. The van der Waals surface area contributed by atoms with Crippen LogP contribution in [0.25, 0.3) is 22.0 Å². The monoisotopic (exact) mass is 326 g/mol. The van der Waals surface area contributed by atoms with Crippen LogP contribution in [0.4, 0.5) is 5.82 Å². The number of hydrogen-bond acceptors (Lipinski definition) is 4. The Balaban J connectivity index is 2.00. The van der Waals surface area contributed by atoms with Crippen LogP contribution in [0.1, 0.15) is 12.6 Å². The summed E-state index contributed by atoms with van der Waals surface area (Å²) in [6, 6.07) is 9.99. The Bertz CT molecular complexity index is 1010. The van der Waals surface area contributed by atoms with Gasteiger partial charge in [0.2, 0.25) is 0 Å². The molecule has 0 amide bonds. The lowest BCUT2D eigenvalue weighted by Crippen LogP contribution is -1.95. The third kappa shape index (κ3) is 3.73. The van der Waals surface area contributed by atoms with Gasteiger partial charge in [0.25, 0.3) is 0 Å². The average molecular weight is 326 g/mol. The smallest absolute Gasteiger partial charge is 0.134 e. The van der Waals surface area contributed by atoms with E-state index in [1.54, 1.807) is 12.3 Å². The second-order valence-electron chi connectivity index (χ2n) is 5.64. The molecule has 0 atom stereocenters. The zero-order valence-corrected chi connectivity index (χ0v) is 14.0. The topological polar surface area (TPSA) is 64.7 Å². The largest absolute Gasteiger partial charge is 0.383 e. The number of nitrogens with zero attached hydrogens (tertiary/aromatic N) is 3. The van der Waals surface area contributed by atoms with E-state index in [9.17, 15) is 0 Å². The maximum absolute atomic E-state index is 5.99. The molecular weight excluding hydrogens is 308 g/mol. The number of fused-ring (bicyclic) bond motifs is 1. The first-order valence-electron chi connectivity index (χ1n) is 7.93. The van der Waals surface area contributed by atoms with Crippen LogP contribution in [0, 0.1) is 12.3 Å². The first-order valence-corrected chi connectivity index (χ1v) is 7.93. The van der Waals surface area contributed by atoms with Gasteiger partial charge in [0.1, 0.15) is 12.1 Å². The molecule has 0 aliphatic rings. The van der Waals surface area contributed by atoms with Crippen LogP contribution in [0.15, 0.2) is 66.7 Å². The van der Waals surface area contributed by atoms with Crippen LogP contribution in [0.3, 0.4) is 0 Å². The molecule has 122 valence electrons. The molecule has 4 nitrogen and oxygen atoms in total. The highest BCUT2D eigenvalue weighted by molar-refractivity contribution is 5.91. The first-order chi connectivity index (χ1) is 12.2. The summed E-state index contributed by atoms with van der Waals surface area (Å²) in [5, 5.41) is 0.846. The van der Waals surface area contributed by atoms with Crippen molar-refractivity contribution in [2.24, 2.45) is 0 Å². The van der Waals surface area contributed by atoms with E-state index in [0.29, 0.717) is 5.82 Å². The summed E-state index contributed by atoms with van der Waals surface area (Å²) >= 11 is 0. The molecule has 0 fully saturated rings. The number of hydrogen-bond donors (Lipinski definition) is 1. The van der Waals surface area contributed by atoms with Crippen molar-refractivity contribution < 1.29 is 0 Å². The van der Waals surface area contributed by atoms with Gasteiger partial charge in [-0.15, -0.1) is 6.42 Å². The quantitative estimate of drug-likeness (QED) is 0.582. The molecule has 0 saturated carbocycles. The van der Waals surface area contributed by atoms with E-state index in [1.165, 1.54) is 6.33 Å². The second-order valence-corrected chi connectivity index (χ2v) is 5.64. The van der Waals surface area contributed by atoms with Gasteiger partial charge in [-0.2, -0.15) is 0 Å². The SMILES string of the molecule is C#C/C=C\C(C)=C/Cc1ncccc1-c1ccc2ncnc(N)c2c1. The molecule has 4 heteroatoms. The van der Waals surface area contributed by atoms with E-state index in [4.69, 9.17) is 12.2 Å². The number of nitrogen functional groups attached to an aromatic ring is 1. The molecule has 25 heavy (non-hydrogen) atoms. The van der Waals surface area contributed by atoms with E-state index in [1.807, 2.05) is 37.3 Å². The Kier molecular flexibility index (Phi) is 4.87. The molecule has 0 spiro atoms. The fraction of sp³-hybridized carbons (Fsp3) is 0.0952. The van der Waals surface area contributed by atoms with Crippen LogP contribution in [0.5, 0.6) is 0 Å². The van der Waals surface area contributed by atoms with Gasteiger partial charge >= 0.3 is 0 Å². The van der Waals surface area contributed by atoms with Crippen molar-refractivity contribution in [2.45, 2.75) is 13.3 Å². The van der Waals surface area contributed by atoms with Crippen molar-refractivity contribution in [3.63, 3.8) is 0 Å². The molecule has 2 heterocycles. The lowest BCUT2D eigenvalue weighted by Gasteiger charge is -2.09. The van der Waals surface area contributed by atoms with E-state index >= 15 is 0 Å². The number of terminal acetylenes is 1. The summed E-state index contributed by atoms with van der Waals surface area (Å²) in [5.74, 6) is 2.97. The number of allylic oxidation sites excluding steroid dienone is 4. The van der Waals surface area contributed by atoms with E-state index in [-0.39, 0.29) is 0 Å². The highest BCUT2D eigenvalue weighted by Crippen LogP contribution is 2.27. The lowest BCUT2D eigenvalue weighted by molar-refractivity contribution is 1.10. The highest BCUT2D eigenvalue weighted by Gasteiger charge is 2.08. The zero-order chi connectivity index (χ0) is 17.6. The van der Waals surface area contributed by atoms with Crippen molar-refractivity contribution in [2.75, 3.05) is 5.73 Å². The van der Waals surface area contributed by atoms with Crippen molar-refractivity contribution in [1.82, 2.24) is 15.0 Å². The van der Waals surface area contributed by atoms with E-state index < -0.39 is 0 Å². The fourth-order valence-electron chi connectivity index (χ4n) is 2.61. The van der Waals surface area contributed by atoms with Gasteiger partial charge in [-0.1, -0.05) is 35.8 Å². The second kappa shape index (κ2) is 7.41. The third-order valence-electron chi connectivity index (χ3n) is 3.93. The number of anilines is 1. The molecule has 0 saturated heterocycles. The zero-order valence-electron chi connectivity index (χ0n) is 14.0. The summed E-state index contributed by atoms with van der Waals surface area (Å²) in [5.41, 5.74) is 11.0. The maximum atomic E-state index is 5.99. The highest BCUT2D eigenvalue weighted by atomic mass is 14.9. The third-order valence-corrected chi connectivity index (χ3v) is 3.93. The van der Waals surface area contributed by atoms with Crippen LogP contribution >= 0.6 is 0 Å². The Morgan fingerprint density at radius 2 is 2.12 bits per heavy atom. The first kappa shape index (κ1) is 16.4. The lowest BCUT2D eigenvalue weighted by atomic mass is 10.00. The molecule has 0 radical (unpaired) electrons. The summed E-state index contributed by atoms with van der Waals surface area (Å²) in [6.07, 6.45) is 15.0. The molecule has 3 rings (SSSR count). The van der Waals surface area contributed by atoms with E-state index in [2.05, 4.69) is 33.0 Å². The minimum absolute atomic E-state index is 0.479. The van der Waals surface area contributed by atoms with Crippen LogP contribution in [-0.2, 0) is 6.42 Å². The molecule has 2 aromatic heterocycles. The minimum atomic E-state index is 0.479. The molecule has 0 bridgehead atoms. The Morgan fingerprint density at radius 3 is 2.96 bits per heavy atom. The number of rotatable bonds is 4. The van der Waals surface area contributed by atoms with Crippen molar-refractivity contribution >= 4 is 16.7 Å². The molecular formula is C21H18N4. The molecule has 0 unspecified atom stereocenters. The van der Waals surface area contributed by atoms with Gasteiger partial charge in [-0.25, -0.2) is 9.97 Å². The van der Waals surface area contributed by atoms with Crippen LogP contribution in [0.2, 0.25) is 0 Å². The summed E-state index contributed by atoms with van der Waals surface area (Å²) in [6.45, 7) is 2.02. The summed E-state index contributed by atoms with van der Waals surface area (Å²) in [7, 11) is 0. The molecule has 1 aromatic carbocycles. The average Bonchev–Trinajstić information content (AvgIpc) is 2.65. The van der Waals surface area contributed by atoms with Gasteiger partial charge in [0.15, 0.2) is 0 Å². The van der Waals surface area contributed by atoms with Crippen molar-refractivity contribution in [1.29, 1.82) is 0 Å². The standard InChI is InChI=1S/C21H18N4/c1-3-4-6-15(2)8-10-19-17(7-5-12-23-19)16-9-11-20-18(13-16)21(22)25-14-24-20/h1,4-9,11-14H,10H2,2H3,(H2,22,24,25)/b6-4-,15-8-. The predicted molar refractivity (Wildman–Crippen MR) is 103 cm³/mol. The number of aromatic nitrogens is 3. The van der Waals surface area contributed by atoms with Crippen LogP contribution < -0.4 is 5.73 Å². The Labute approximate surface area is 147 Å². The number of benzene rings is 1. The Morgan fingerprint density at radius 1 is 1.24 bits per heavy atom. The fourth-order valence-corrected chi connectivity index (χ4v) is 2.61. The molecule has 3 aromatic rings.